The van der Waals surface area contributed by atoms with Crippen LogP contribution in [0.3, 0.4) is 0 Å². The Hall–Kier alpha value is -2.53. The van der Waals surface area contributed by atoms with E-state index >= 15 is 0 Å². The lowest BCUT2D eigenvalue weighted by molar-refractivity contribution is 0.259. The van der Waals surface area contributed by atoms with Gasteiger partial charge >= 0.3 is 0 Å². The van der Waals surface area contributed by atoms with Crippen LogP contribution in [-0.2, 0) is 12.8 Å². The molecule has 2 aliphatic heterocycles. The Balaban J connectivity index is 1.17. The molecule has 1 aromatic heterocycles. The summed E-state index contributed by atoms with van der Waals surface area (Å²) in [6.45, 7) is 6.40. The molecule has 146 valence electrons. The molecule has 5 rings (SSSR count). The first kappa shape index (κ1) is 17.6. The van der Waals surface area contributed by atoms with E-state index in [9.17, 15) is 0 Å². The summed E-state index contributed by atoms with van der Waals surface area (Å²) in [4.78, 5) is 4.93. The van der Waals surface area contributed by atoms with Gasteiger partial charge in [-0.05, 0) is 55.0 Å². The molecule has 3 aromatic rings. The van der Waals surface area contributed by atoms with Crippen LogP contribution in [0.4, 0.5) is 11.5 Å². The fraction of sp³-hybridized carbons (Fsp3) is 0.435. The molecule has 5 nitrogen and oxygen atoms in total. The lowest BCUT2D eigenvalue weighted by Crippen LogP contribution is -2.47. The van der Waals surface area contributed by atoms with Crippen LogP contribution in [0.2, 0.25) is 0 Å². The average molecular weight is 377 g/mol. The molecule has 0 radical (unpaired) electrons. The molecule has 1 fully saturated rings. The monoisotopic (exact) mass is 376 g/mol. The number of aromatic nitrogens is 1. The minimum Gasteiger partial charge on any atom is -0.385 e. The minimum absolute atomic E-state index is 0.873. The van der Waals surface area contributed by atoms with Crippen molar-refractivity contribution in [3.8, 4) is 0 Å². The normalized spacial score (nSPS) is 17.9. The Morgan fingerprint density at radius 1 is 1.00 bits per heavy atom. The zero-order valence-electron chi connectivity index (χ0n) is 16.4. The van der Waals surface area contributed by atoms with E-state index in [1.807, 2.05) is 12.1 Å². The van der Waals surface area contributed by atoms with E-state index in [1.165, 1.54) is 36.1 Å². The molecule has 0 atom stereocenters. The van der Waals surface area contributed by atoms with E-state index < -0.39 is 0 Å². The van der Waals surface area contributed by atoms with Gasteiger partial charge in [-0.25, -0.2) is 0 Å². The van der Waals surface area contributed by atoms with E-state index in [2.05, 4.69) is 50.6 Å². The van der Waals surface area contributed by atoms with Crippen molar-refractivity contribution in [3.63, 3.8) is 0 Å². The van der Waals surface area contributed by atoms with Gasteiger partial charge in [0.25, 0.3) is 0 Å². The standard InChI is InChI=1S/C23H28N4O/c1-2-7-22-20(6-1)23(25-28-22)27-15-13-26(14-16-27)12-10-18-8-9-21-19(17-18)5-3-4-11-24-21/h1-2,6-9,17,24H,3-5,10-16H2. The molecule has 3 heterocycles. The lowest BCUT2D eigenvalue weighted by atomic mass is 10.0. The number of nitrogens with zero attached hydrogens (tertiary/aromatic N) is 3. The highest BCUT2D eigenvalue weighted by molar-refractivity contribution is 5.88. The number of benzene rings is 2. The zero-order chi connectivity index (χ0) is 18.8. The molecule has 0 spiro atoms. The number of hydrogen-bond donors (Lipinski definition) is 1. The summed E-state index contributed by atoms with van der Waals surface area (Å²) in [6, 6.07) is 15.1. The molecular weight excluding hydrogens is 348 g/mol. The van der Waals surface area contributed by atoms with Gasteiger partial charge < -0.3 is 14.7 Å². The van der Waals surface area contributed by atoms with Crippen molar-refractivity contribution >= 4 is 22.5 Å². The fourth-order valence-electron chi connectivity index (χ4n) is 4.42. The summed E-state index contributed by atoms with van der Waals surface area (Å²) in [5.41, 5.74) is 5.18. The number of hydrogen-bond acceptors (Lipinski definition) is 5. The molecule has 0 unspecified atom stereocenters. The fourth-order valence-corrected chi connectivity index (χ4v) is 4.42. The van der Waals surface area contributed by atoms with Crippen LogP contribution < -0.4 is 10.2 Å². The summed E-state index contributed by atoms with van der Waals surface area (Å²) < 4.78 is 5.48. The minimum atomic E-state index is 0.873. The Bertz CT molecular complexity index is 943. The molecule has 0 amide bonds. The van der Waals surface area contributed by atoms with Gasteiger partial charge in [0, 0.05) is 45.0 Å². The van der Waals surface area contributed by atoms with Gasteiger partial charge in [-0.2, -0.15) is 0 Å². The zero-order valence-corrected chi connectivity index (χ0v) is 16.4. The molecular formula is C23H28N4O. The molecule has 2 aromatic carbocycles. The van der Waals surface area contributed by atoms with E-state index in [4.69, 9.17) is 4.52 Å². The highest BCUT2D eigenvalue weighted by Crippen LogP contribution is 2.27. The molecule has 5 heteroatoms. The van der Waals surface area contributed by atoms with Crippen molar-refractivity contribution in [1.29, 1.82) is 0 Å². The van der Waals surface area contributed by atoms with Gasteiger partial charge in [0.1, 0.15) is 0 Å². The third-order valence-corrected chi connectivity index (χ3v) is 6.10. The number of nitrogens with one attached hydrogen (secondary N) is 1. The van der Waals surface area contributed by atoms with Crippen LogP contribution >= 0.6 is 0 Å². The van der Waals surface area contributed by atoms with Crippen molar-refractivity contribution in [2.75, 3.05) is 49.5 Å². The second-order valence-electron chi connectivity index (χ2n) is 7.96. The van der Waals surface area contributed by atoms with Crippen LogP contribution in [0.15, 0.2) is 47.0 Å². The SMILES string of the molecule is c1ccc2c(N3CCN(CCc4ccc5c(c4)CCCCN5)CC3)noc2c1. The topological polar surface area (TPSA) is 44.5 Å². The van der Waals surface area contributed by atoms with Crippen LogP contribution in [0.1, 0.15) is 24.0 Å². The summed E-state index contributed by atoms with van der Waals surface area (Å²) in [6.07, 6.45) is 4.90. The van der Waals surface area contributed by atoms with Gasteiger partial charge in [-0.3, -0.25) is 4.90 Å². The van der Waals surface area contributed by atoms with E-state index in [0.717, 1.165) is 62.5 Å². The number of fused-ring (bicyclic) bond motifs is 2. The third-order valence-electron chi connectivity index (χ3n) is 6.10. The second kappa shape index (κ2) is 7.84. The Labute approximate surface area is 166 Å². The molecule has 0 aliphatic carbocycles. The number of aryl methyl sites for hydroxylation is 1. The van der Waals surface area contributed by atoms with Crippen molar-refractivity contribution < 1.29 is 4.52 Å². The largest absolute Gasteiger partial charge is 0.385 e. The maximum absolute atomic E-state index is 5.48. The van der Waals surface area contributed by atoms with Gasteiger partial charge in [-0.15, -0.1) is 0 Å². The molecule has 2 aliphatic rings. The summed E-state index contributed by atoms with van der Waals surface area (Å²) >= 11 is 0. The number of para-hydroxylation sites is 1. The maximum Gasteiger partial charge on any atom is 0.180 e. The van der Waals surface area contributed by atoms with E-state index in [1.54, 1.807) is 0 Å². The average Bonchev–Trinajstić information content (AvgIpc) is 3.03. The van der Waals surface area contributed by atoms with Crippen molar-refractivity contribution in [1.82, 2.24) is 10.1 Å². The van der Waals surface area contributed by atoms with Gasteiger partial charge in [0.15, 0.2) is 11.4 Å². The number of piperazine rings is 1. The second-order valence-corrected chi connectivity index (χ2v) is 7.96. The van der Waals surface area contributed by atoms with Crippen LogP contribution in [-0.4, -0.2) is 49.3 Å². The first-order valence-electron chi connectivity index (χ1n) is 10.5. The highest BCUT2D eigenvalue weighted by atomic mass is 16.5. The summed E-state index contributed by atoms with van der Waals surface area (Å²) in [5.74, 6) is 0.994. The van der Waals surface area contributed by atoms with Gasteiger partial charge in [-0.1, -0.05) is 29.4 Å². The predicted molar refractivity (Wildman–Crippen MR) is 114 cm³/mol. The van der Waals surface area contributed by atoms with Crippen molar-refractivity contribution in [3.05, 3.63) is 53.6 Å². The first-order chi connectivity index (χ1) is 13.9. The van der Waals surface area contributed by atoms with Crippen molar-refractivity contribution in [2.24, 2.45) is 0 Å². The van der Waals surface area contributed by atoms with Crippen molar-refractivity contribution in [2.45, 2.75) is 25.7 Å². The third kappa shape index (κ3) is 3.59. The van der Waals surface area contributed by atoms with E-state index in [-0.39, 0.29) is 0 Å². The van der Waals surface area contributed by atoms with Gasteiger partial charge in [0.2, 0.25) is 0 Å². The molecule has 0 saturated carbocycles. The molecule has 1 N–H and O–H groups in total. The Kier molecular flexibility index (Phi) is 4.92. The number of rotatable bonds is 4. The maximum atomic E-state index is 5.48. The Morgan fingerprint density at radius 2 is 1.89 bits per heavy atom. The molecule has 1 saturated heterocycles. The molecule has 28 heavy (non-hydrogen) atoms. The Morgan fingerprint density at radius 3 is 2.82 bits per heavy atom. The lowest BCUT2D eigenvalue weighted by Gasteiger charge is -2.34. The predicted octanol–water partition coefficient (Wildman–Crippen LogP) is 3.94. The van der Waals surface area contributed by atoms with Crippen LogP contribution in [0.5, 0.6) is 0 Å². The summed E-state index contributed by atoms with van der Waals surface area (Å²) in [5, 5.41) is 8.99. The number of anilines is 2. The van der Waals surface area contributed by atoms with E-state index in [0.29, 0.717) is 0 Å². The first-order valence-corrected chi connectivity index (χ1v) is 10.5. The molecule has 0 bridgehead atoms. The smallest absolute Gasteiger partial charge is 0.180 e. The quantitative estimate of drug-likeness (QED) is 0.747. The highest BCUT2D eigenvalue weighted by Gasteiger charge is 2.21. The van der Waals surface area contributed by atoms with Crippen LogP contribution in [0.25, 0.3) is 11.0 Å². The summed E-state index contributed by atoms with van der Waals surface area (Å²) in [7, 11) is 0. The van der Waals surface area contributed by atoms with Gasteiger partial charge in [0.05, 0.1) is 5.39 Å². The van der Waals surface area contributed by atoms with Crippen LogP contribution in [0, 0.1) is 0 Å².